The number of amides is 2. The largest absolute Gasteiger partial charge is 0.349 e. The van der Waals surface area contributed by atoms with Crippen LogP contribution >= 0.6 is 11.8 Å². The van der Waals surface area contributed by atoms with E-state index in [1.807, 2.05) is 42.5 Å². The van der Waals surface area contributed by atoms with Crippen molar-refractivity contribution >= 4 is 29.3 Å². The van der Waals surface area contributed by atoms with Crippen molar-refractivity contribution in [2.24, 2.45) is 0 Å². The Morgan fingerprint density at radius 2 is 1.96 bits per heavy atom. The molecule has 2 aliphatic rings. The molecular formula is C22H22N2O2S. The third kappa shape index (κ3) is 3.52. The van der Waals surface area contributed by atoms with Gasteiger partial charge in [-0.15, -0.1) is 6.58 Å². The summed E-state index contributed by atoms with van der Waals surface area (Å²) >= 11 is 1.56. The molecule has 0 aromatic heterocycles. The van der Waals surface area contributed by atoms with Gasteiger partial charge < -0.3 is 10.2 Å². The Morgan fingerprint density at radius 1 is 1.19 bits per heavy atom. The van der Waals surface area contributed by atoms with Gasteiger partial charge in [-0.2, -0.15) is 0 Å². The molecule has 0 radical (unpaired) electrons. The molecule has 0 bridgehead atoms. The van der Waals surface area contributed by atoms with Crippen LogP contribution in [-0.2, 0) is 0 Å². The summed E-state index contributed by atoms with van der Waals surface area (Å²) in [5.74, 6) is -0.132. The summed E-state index contributed by atoms with van der Waals surface area (Å²) in [5, 5.41) is 3.12. The summed E-state index contributed by atoms with van der Waals surface area (Å²) in [6.45, 7) is 4.19. The highest BCUT2D eigenvalue weighted by Crippen LogP contribution is 2.41. The Balaban J connectivity index is 1.71. The van der Waals surface area contributed by atoms with Crippen LogP contribution in [0.3, 0.4) is 0 Å². The third-order valence-corrected chi connectivity index (χ3v) is 6.24. The molecule has 1 heterocycles. The smallest absolute Gasteiger partial charge is 0.259 e. The molecule has 1 saturated carbocycles. The number of fused-ring (bicyclic) bond motifs is 2. The van der Waals surface area contributed by atoms with Crippen LogP contribution in [0.5, 0.6) is 0 Å². The number of carbonyl (C=O) groups excluding carboxylic acids is 2. The Morgan fingerprint density at radius 3 is 2.74 bits per heavy atom. The summed E-state index contributed by atoms with van der Waals surface area (Å²) in [5.41, 5.74) is 2.03. The number of nitrogens with zero attached hydrogens (tertiary/aromatic N) is 1. The van der Waals surface area contributed by atoms with Gasteiger partial charge in [0, 0.05) is 27.9 Å². The summed E-state index contributed by atoms with van der Waals surface area (Å²) in [6, 6.07) is 13.5. The molecule has 1 N–H and O–H groups in total. The van der Waals surface area contributed by atoms with E-state index in [9.17, 15) is 9.59 Å². The van der Waals surface area contributed by atoms with Crippen LogP contribution < -0.4 is 10.2 Å². The van der Waals surface area contributed by atoms with Gasteiger partial charge in [0.25, 0.3) is 11.8 Å². The van der Waals surface area contributed by atoms with Crippen LogP contribution in [0, 0.1) is 0 Å². The standard InChI is InChI=1S/C22H22N2O2S/c1-2-13-24-18-14-15(21(25)23-16-7-3-4-8-16)11-12-20(18)27-19-10-6-5-9-17(19)22(24)26/h2,5-6,9-12,14,16H,1,3-4,7-8,13H2,(H,23,25). The fraction of sp³-hybridized carbons (Fsp3) is 0.273. The predicted molar refractivity (Wildman–Crippen MR) is 109 cm³/mol. The Hall–Kier alpha value is -2.53. The maximum atomic E-state index is 13.1. The molecule has 0 saturated heterocycles. The number of carbonyl (C=O) groups is 2. The minimum atomic E-state index is -0.0672. The monoisotopic (exact) mass is 378 g/mol. The minimum absolute atomic E-state index is 0.0647. The maximum absolute atomic E-state index is 13.1. The molecule has 2 aromatic carbocycles. The Kier molecular flexibility index (Phi) is 5.03. The van der Waals surface area contributed by atoms with Crippen molar-refractivity contribution in [3.63, 3.8) is 0 Å². The lowest BCUT2D eigenvalue weighted by molar-refractivity contribution is 0.0935. The number of anilines is 1. The zero-order valence-electron chi connectivity index (χ0n) is 15.1. The van der Waals surface area contributed by atoms with Crippen molar-refractivity contribution in [3.8, 4) is 0 Å². The van der Waals surface area contributed by atoms with Crippen molar-refractivity contribution in [3.05, 3.63) is 66.2 Å². The molecule has 0 atom stereocenters. The predicted octanol–water partition coefficient (Wildman–Crippen LogP) is 4.66. The van der Waals surface area contributed by atoms with E-state index in [4.69, 9.17) is 0 Å². The van der Waals surface area contributed by atoms with Crippen LogP contribution in [0.15, 0.2) is 64.9 Å². The molecule has 2 aromatic rings. The molecule has 0 spiro atoms. The summed E-state index contributed by atoms with van der Waals surface area (Å²) in [6.07, 6.45) is 6.15. The molecule has 0 unspecified atom stereocenters. The summed E-state index contributed by atoms with van der Waals surface area (Å²) in [7, 11) is 0. The summed E-state index contributed by atoms with van der Waals surface area (Å²) in [4.78, 5) is 29.4. The van der Waals surface area contributed by atoms with Gasteiger partial charge in [0.2, 0.25) is 0 Å². The molecule has 1 aliphatic carbocycles. The molecule has 5 heteroatoms. The fourth-order valence-corrected chi connectivity index (χ4v) is 4.77. The molecule has 138 valence electrons. The van der Waals surface area contributed by atoms with E-state index in [1.54, 1.807) is 22.7 Å². The highest BCUT2D eigenvalue weighted by molar-refractivity contribution is 7.99. The number of nitrogens with one attached hydrogen (secondary N) is 1. The van der Waals surface area contributed by atoms with E-state index >= 15 is 0 Å². The van der Waals surface area contributed by atoms with E-state index in [2.05, 4.69) is 11.9 Å². The van der Waals surface area contributed by atoms with E-state index < -0.39 is 0 Å². The van der Waals surface area contributed by atoms with Gasteiger partial charge in [0.15, 0.2) is 0 Å². The highest BCUT2D eigenvalue weighted by Gasteiger charge is 2.27. The van der Waals surface area contributed by atoms with Crippen molar-refractivity contribution in [1.82, 2.24) is 5.32 Å². The van der Waals surface area contributed by atoms with Crippen LogP contribution in [0.4, 0.5) is 5.69 Å². The summed E-state index contributed by atoms with van der Waals surface area (Å²) < 4.78 is 0. The second-order valence-corrected chi connectivity index (χ2v) is 8.02. The number of benzene rings is 2. The number of hydrogen-bond acceptors (Lipinski definition) is 3. The molecule has 4 nitrogen and oxygen atoms in total. The van der Waals surface area contributed by atoms with Gasteiger partial charge in [-0.3, -0.25) is 9.59 Å². The zero-order valence-corrected chi connectivity index (χ0v) is 15.9. The second kappa shape index (κ2) is 7.61. The number of rotatable bonds is 4. The molecular weight excluding hydrogens is 356 g/mol. The first-order valence-electron chi connectivity index (χ1n) is 9.32. The quantitative estimate of drug-likeness (QED) is 0.788. The van der Waals surface area contributed by atoms with Crippen LogP contribution in [-0.4, -0.2) is 24.4 Å². The average Bonchev–Trinajstić information content (AvgIpc) is 3.15. The van der Waals surface area contributed by atoms with Crippen molar-refractivity contribution in [2.75, 3.05) is 11.4 Å². The molecule has 1 fully saturated rings. The van der Waals surface area contributed by atoms with Crippen LogP contribution in [0.25, 0.3) is 0 Å². The lowest BCUT2D eigenvalue weighted by Gasteiger charge is -2.22. The zero-order chi connectivity index (χ0) is 18.8. The molecule has 1 aliphatic heterocycles. The van der Waals surface area contributed by atoms with Crippen LogP contribution in [0.1, 0.15) is 46.4 Å². The van der Waals surface area contributed by atoms with Gasteiger partial charge in [-0.05, 0) is 43.2 Å². The van der Waals surface area contributed by atoms with Gasteiger partial charge in [0.05, 0.1) is 11.3 Å². The molecule has 27 heavy (non-hydrogen) atoms. The lowest BCUT2D eigenvalue weighted by Crippen LogP contribution is -2.33. The average molecular weight is 378 g/mol. The second-order valence-electron chi connectivity index (χ2n) is 6.94. The SMILES string of the molecule is C=CCN1C(=O)c2ccccc2Sc2ccc(C(=O)NC3CCCC3)cc21. The first kappa shape index (κ1) is 17.9. The minimum Gasteiger partial charge on any atom is -0.349 e. The van der Waals surface area contributed by atoms with E-state index in [0.29, 0.717) is 17.7 Å². The number of hydrogen-bond donors (Lipinski definition) is 1. The van der Waals surface area contributed by atoms with Gasteiger partial charge in [0.1, 0.15) is 0 Å². The third-order valence-electron chi connectivity index (χ3n) is 5.10. The van der Waals surface area contributed by atoms with Crippen molar-refractivity contribution < 1.29 is 9.59 Å². The topological polar surface area (TPSA) is 49.4 Å². The van der Waals surface area contributed by atoms with Gasteiger partial charge >= 0.3 is 0 Å². The van der Waals surface area contributed by atoms with Crippen LogP contribution in [0.2, 0.25) is 0 Å². The van der Waals surface area contributed by atoms with Crippen molar-refractivity contribution in [2.45, 2.75) is 41.5 Å². The van der Waals surface area contributed by atoms with E-state index in [1.165, 1.54) is 12.8 Å². The van der Waals surface area contributed by atoms with Gasteiger partial charge in [-0.25, -0.2) is 0 Å². The maximum Gasteiger partial charge on any atom is 0.259 e. The lowest BCUT2D eigenvalue weighted by atomic mass is 10.1. The highest BCUT2D eigenvalue weighted by atomic mass is 32.2. The Bertz CT molecular complexity index is 903. The molecule has 4 rings (SSSR count). The van der Waals surface area contributed by atoms with Crippen molar-refractivity contribution in [1.29, 1.82) is 0 Å². The van der Waals surface area contributed by atoms with E-state index in [-0.39, 0.29) is 17.9 Å². The van der Waals surface area contributed by atoms with E-state index in [0.717, 1.165) is 28.3 Å². The first-order valence-corrected chi connectivity index (χ1v) is 10.1. The fourth-order valence-electron chi connectivity index (χ4n) is 3.71. The van der Waals surface area contributed by atoms with Gasteiger partial charge in [-0.1, -0.05) is 42.8 Å². The normalized spacial score (nSPS) is 16.4. The first-order chi connectivity index (χ1) is 13.2. The Labute approximate surface area is 163 Å². The molecule has 2 amide bonds.